The second kappa shape index (κ2) is 6.93. The average Bonchev–Trinajstić information content (AvgIpc) is 2.57. The van der Waals surface area contributed by atoms with Crippen LogP contribution in [0.1, 0.15) is 22.4 Å². The van der Waals surface area contributed by atoms with Crippen molar-refractivity contribution in [1.82, 2.24) is 4.98 Å². The first-order chi connectivity index (χ1) is 11.9. The molecule has 0 aliphatic heterocycles. The molecule has 0 radical (unpaired) electrons. The van der Waals surface area contributed by atoms with Crippen LogP contribution in [0.25, 0.3) is 10.9 Å². The number of anilines is 1. The van der Waals surface area contributed by atoms with Gasteiger partial charge in [-0.1, -0.05) is 18.2 Å². The molecule has 0 saturated heterocycles. The van der Waals surface area contributed by atoms with Crippen molar-refractivity contribution in [3.8, 4) is 5.75 Å². The minimum Gasteiger partial charge on any atom is -0.483 e. The molecule has 0 saturated carbocycles. The van der Waals surface area contributed by atoms with Gasteiger partial charge in [-0.3, -0.25) is 9.78 Å². The third-order valence-electron chi connectivity index (χ3n) is 4.28. The Labute approximate surface area is 147 Å². The molecule has 0 aliphatic carbocycles. The van der Waals surface area contributed by atoms with E-state index in [1.165, 1.54) is 5.56 Å². The summed E-state index contributed by atoms with van der Waals surface area (Å²) in [6.07, 6.45) is 0. The number of carbonyl (C=O) groups is 1. The first-order valence-electron chi connectivity index (χ1n) is 8.31. The fourth-order valence-electron chi connectivity index (χ4n) is 2.76. The number of carbonyl (C=O) groups excluding carboxylic acids is 1. The quantitative estimate of drug-likeness (QED) is 0.765. The van der Waals surface area contributed by atoms with E-state index in [0.29, 0.717) is 5.75 Å². The lowest BCUT2D eigenvalue weighted by Gasteiger charge is -2.12. The lowest BCUT2D eigenvalue weighted by atomic mass is 10.1. The molecule has 0 bridgehead atoms. The summed E-state index contributed by atoms with van der Waals surface area (Å²) in [6.45, 7) is 7.97. The van der Waals surface area contributed by atoms with Crippen molar-refractivity contribution in [2.45, 2.75) is 27.7 Å². The summed E-state index contributed by atoms with van der Waals surface area (Å²) in [5.41, 5.74) is 5.99. The molecule has 1 heterocycles. The molecule has 1 aromatic heterocycles. The maximum Gasteiger partial charge on any atom is 0.262 e. The summed E-state index contributed by atoms with van der Waals surface area (Å²) in [4.78, 5) is 16.8. The van der Waals surface area contributed by atoms with Crippen LogP contribution in [0.15, 0.2) is 42.5 Å². The third-order valence-corrected chi connectivity index (χ3v) is 4.28. The zero-order valence-corrected chi connectivity index (χ0v) is 15.0. The Bertz CT molecular complexity index is 948. The van der Waals surface area contributed by atoms with Crippen molar-refractivity contribution in [3.05, 3.63) is 64.8 Å². The van der Waals surface area contributed by atoms with E-state index in [2.05, 4.69) is 10.3 Å². The molecule has 0 fully saturated rings. The minimum atomic E-state index is -0.182. The summed E-state index contributed by atoms with van der Waals surface area (Å²) in [5.74, 6) is 0.500. The molecule has 25 heavy (non-hydrogen) atoms. The van der Waals surface area contributed by atoms with Crippen molar-refractivity contribution in [3.63, 3.8) is 0 Å². The van der Waals surface area contributed by atoms with Gasteiger partial charge in [0.15, 0.2) is 6.61 Å². The van der Waals surface area contributed by atoms with E-state index in [9.17, 15) is 4.79 Å². The second-order valence-electron chi connectivity index (χ2n) is 6.37. The Morgan fingerprint density at radius 3 is 2.56 bits per heavy atom. The topological polar surface area (TPSA) is 51.2 Å². The Hall–Kier alpha value is -2.88. The van der Waals surface area contributed by atoms with Gasteiger partial charge in [-0.25, -0.2) is 0 Å². The molecule has 0 atom stereocenters. The number of nitrogens with one attached hydrogen (secondary N) is 1. The SMILES string of the molecule is Cc1cc(OCC(=O)Nc2ccc(C)c(C)c2)c2cccc(C)c2n1. The molecule has 1 N–H and O–H groups in total. The van der Waals surface area contributed by atoms with Crippen LogP contribution in [0.4, 0.5) is 5.69 Å². The first kappa shape index (κ1) is 17.0. The van der Waals surface area contributed by atoms with Crippen molar-refractivity contribution < 1.29 is 9.53 Å². The second-order valence-corrected chi connectivity index (χ2v) is 6.37. The van der Waals surface area contributed by atoms with Gasteiger partial charge in [-0.05, 0) is 62.6 Å². The number of hydrogen-bond acceptors (Lipinski definition) is 3. The molecular formula is C21H22N2O2. The zero-order valence-electron chi connectivity index (χ0n) is 15.0. The van der Waals surface area contributed by atoms with Crippen LogP contribution in [0, 0.1) is 27.7 Å². The van der Waals surface area contributed by atoms with Crippen molar-refractivity contribution in [2.24, 2.45) is 0 Å². The molecule has 3 rings (SSSR count). The fraction of sp³-hybridized carbons (Fsp3) is 0.238. The Morgan fingerprint density at radius 2 is 1.80 bits per heavy atom. The summed E-state index contributed by atoms with van der Waals surface area (Å²) in [5, 5.41) is 3.80. The van der Waals surface area contributed by atoms with Crippen molar-refractivity contribution >= 4 is 22.5 Å². The number of hydrogen-bond donors (Lipinski definition) is 1. The van der Waals surface area contributed by atoms with Crippen molar-refractivity contribution in [2.75, 3.05) is 11.9 Å². The van der Waals surface area contributed by atoms with E-state index in [4.69, 9.17) is 4.74 Å². The summed E-state index contributed by atoms with van der Waals surface area (Å²) in [6, 6.07) is 13.7. The number of nitrogens with zero attached hydrogens (tertiary/aromatic N) is 1. The van der Waals surface area contributed by atoms with Gasteiger partial charge in [0.05, 0.1) is 5.52 Å². The van der Waals surface area contributed by atoms with E-state index < -0.39 is 0 Å². The minimum absolute atomic E-state index is 0.0422. The van der Waals surface area contributed by atoms with E-state index in [1.54, 1.807) is 0 Å². The van der Waals surface area contributed by atoms with Gasteiger partial charge in [0.25, 0.3) is 5.91 Å². The van der Waals surface area contributed by atoms with Crippen LogP contribution < -0.4 is 10.1 Å². The molecule has 4 nitrogen and oxygen atoms in total. The van der Waals surface area contributed by atoms with Gasteiger partial charge in [0, 0.05) is 22.8 Å². The molecule has 128 valence electrons. The van der Waals surface area contributed by atoms with E-state index in [1.807, 2.05) is 70.2 Å². The highest BCUT2D eigenvalue weighted by Gasteiger charge is 2.10. The van der Waals surface area contributed by atoms with Crippen molar-refractivity contribution in [1.29, 1.82) is 0 Å². The number of benzene rings is 2. The molecule has 1 amide bonds. The molecule has 3 aromatic rings. The Balaban J connectivity index is 1.75. The Kier molecular flexibility index (Phi) is 4.70. The molecular weight excluding hydrogens is 312 g/mol. The number of aryl methyl sites for hydroxylation is 4. The molecule has 2 aromatic carbocycles. The van der Waals surface area contributed by atoms with Gasteiger partial charge >= 0.3 is 0 Å². The highest BCUT2D eigenvalue weighted by Crippen LogP contribution is 2.27. The van der Waals surface area contributed by atoms with E-state index in [-0.39, 0.29) is 12.5 Å². The third kappa shape index (κ3) is 3.79. The van der Waals surface area contributed by atoms with Crippen LogP contribution in [0.3, 0.4) is 0 Å². The predicted molar refractivity (Wildman–Crippen MR) is 101 cm³/mol. The van der Waals surface area contributed by atoms with E-state index >= 15 is 0 Å². The summed E-state index contributed by atoms with van der Waals surface area (Å²) >= 11 is 0. The maximum absolute atomic E-state index is 12.2. The number of para-hydroxylation sites is 1. The van der Waals surface area contributed by atoms with Crippen LogP contribution in [-0.2, 0) is 4.79 Å². The summed E-state index contributed by atoms with van der Waals surface area (Å²) < 4.78 is 5.79. The standard InChI is InChI=1S/C21H22N2O2/c1-13-8-9-17(10-15(13)3)23-20(24)12-25-19-11-16(4)22-21-14(2)6-5-7-18(19)21/h5-11H,12H2,1-4H3,(H,23,24). The number of rotatable bonds is 4. The highest BCUT2D eigenvalue weighted by molar-refractivity contribution is 5.93. The van der Waals surface area contributed by atoms with Gasteiger partial charge in [0.2, 0.25) is 0 Å². The monoisotopic (exact) mass is 334 g/mol. The Morgan fingerprint density at radius 1 is 1.00 bits per heavy atom. The van der Waals surface area contributed by atoms with Crippen LogP contribution in [0.2, 0.25) is 0 Å². The predicted octanol–water partition coefficient (Wildman–Crippen LogP) is 4.49. The maximum atomic E-state index is 12.2. The molecule has 0 aliphatic rings. The number of ether oxygens (including phenoxy) is 1. The normalized spacial score (nSPS) is 10.7. The molecule has 0 spiro atoms. The van der Waals surface area contributed by atoms with Crippen LogP contribution >= 0.6 is 0 Å². The lowest BCUT2D eigenvalue weighted by Crippen LogP contribution is -2.20. The fourth-order valence-corrected chi connectivity index (χ4v) is 2.76. The summed E-state index contributed by atoms with van der Waals surface area (Å²) in [7, 11) is 0. The van der Waals surface area contributed by atoms with Gasteiger partial charge in [0.1, 0.15) is 5.75 Å². The molecule has 4 heteroatoms. The first-order valence-corrected chi connectivity index (χ1v) is 8.31. The van der Waals surface area contributed by atoms with Crippen LogP contribution in [-0.4, -0.2) is 17.5 Å². The van der Waals surface area contributed by atoms with E-state index in [0.717, 1.165) is 33.4 Å². The largest absolute Gasteiger partial charge is 0.483 e. The molecule has 0 unspecified atom stereocenters. The highest BCUT2D eigenvalue weighted by atomic mass is 16.5. The number of amides is 1. The van der Waals surface area contributed by atoms with Gasteiger partial charge in [-0.2, -0.15) is 0 Å². The zero-order chi connectivity index (χ0) is 18.0. The number of pyridine rings is 1. The average molecular weight is 334 g/mol. The number of fused-ring (bicyclic) bond motifs is 1. The lowest BCUT2D eigenvalue weighted by molar-refractivity contribution is -0.118. The smallest absolute Gasteiger partial charge is 0.262 e. The van der Waals surface area contributed by atoms with Crippen LogP contribution in [0.5, 0.6) is 5.75 Å². The number of aromatic nitrogens is 1. The van der Waals surface area contributed by atoms with Gasteiger partial charge < -0.3 is 10.1 Å². The van der Waals surface area contributed by atoms with Gasteiger partial charge in [-0.15, -0.1) is 0 Å².